The highest BCUT2D eigenvalue weighted by atomic mass is 16.3. The molecule has 64 valence electrons. The van der Waals surface area contributed by atoms with E-state index in [0.29, 0.717) is 0 Å². The highest BCUT2D eigenvalue weighted by Crippen LogP contribution is 2.24. The van der Waals surface area contributed by atoms with Gasteiger partial charge in [0, 0.05) is 33.3 Å². The van der Waals surface area contributed by atoms with E-state index in [1.54, 1.807) is 6.26 Å². The van der Waals surface area contributed by atoms with Gasteiger partial charge in [-0.2, -0.15) is 0 Å². The van der Waals surface area contributed by atoms with Crippen LogP contribution in [0.3, 0.4) is 0 Å². The monoisotopic (exact) mass is 164 g/mol. The van der Waals surface area contributed by atoms with E-state index in [2.05, 4.69) is 9.47 Å². The van der Waals surface area contributed by atoms with Gasteiger partial charge in [0.25, 0.3) is 0 Å². The molecule has 0 aliphatic heterocycles. The van der Waals surface area contributed by atoms with Crippen LogP contribution in [0.25, 0.3) is 11.1 Å². The predicted molar refractivity (Wildman–Crippen MR) is 49.5 cm³/mol. The van der Waals surface area contributed by atoms with Crippen LogP contribution in [-0.4, -0.2) is 18.7 Å². The van der Waals surface area contributed by atoms with Gasteiger partial charge in [0.2, 0.25) is 0 Å². The maximum Gasteiger partial charge on any atom is 0.153 e. The van der Waals surface area contributed by atoms with Crippen molar-refractivity contribution >= 4 is 16.9 Å². The Morgan fingerprint density at radius 1 is 1.42 bits per heavy atom. The summed E-state index contributed by atoms with van der Waals surface area (Å²) in [6.07, 6.45) is 1.71. The molecular formula is C9H12N2O. The lowest BCUT2D eigenvalue weighted by molar-refractivity contribution is 0.616. The molecule has 0 saturated carbocycles. The van der Waals surface area contributed by atoms with E-state index in [-0.39, 0.29) is 0 Å². The summed E-state index contributed by atoms with van der Waals surface area (Å²) in [6, 6.07) is 4.01. The Morgan fingerprint density at radius 3 is 2.75 bits per heavy atom. The lowest BCUT2D eigenvalue weighted by Crippen LogP contribution is -2.12. The number of fused-ring (bicyclic) bond motifs is 1. The fourth-order valence-corrected chi connectivity index (χ4v) is 1.47. The largest absolute Gasteiger partial charge is 0.463 e. The summed E-state index contributed by atoms with van der Waals surface area (Å²) in [6.45, 7) is 0. The molecule has 0 fully saturated rings. The van der Waals surface area contributed by atoms with Crippen LogP contribution in [0.2, 0.25) is 0 Å². The minimum Gasteiger partial charge on any atom is -0.463 e. The van der Waals surface area contributed by atoms with Gasteiger partial charge in [-0.1, -0.05) is 0 Å². The van der Waals surface area contributed by atoms with Crippen molar-refractivity contribution < 1.29 is 4.42 Å². The zero-order valence-corrected chi connectivity index (χ0v) is 7.53. The molecule has 12 heavy (non-hydrogen) atoms. The SMILES string of the molecule is CN(C)c1cc2occc2n1C. The normalized spacial score (nSPS) is 10.9. The number of anilines is 1. The van der Waals surface area contributed by atoms with Gasteiger partial charge in [0.1, 0.15) is 5.82 Å². The molecule has 0 bridgehead atoms. The van der Waals surface area contributed by atoms with Crippen molar-refractivity contribution in [1.29, 1.82) is 0 Å². The molecule has 0 unspecified atom stereocenters. The Kier molecular flexibility index (Phi) is 1.40. The minimum atomic E-state index is 0.946. The summed E-state index contributed by atoms with van der Waals surface area (Å²) in [4.78, 5) is 2.06. The van der Waals surface area contributed by atoms with Gasteiger partial charge < -0.3 is 13.9 Å². The van der Waals surface area contributed by atoms with Crippen molar-refractivity contribution in [3.05, 3.63) is 18.4 Å². The second-order valence-electron chi connectivity index (χ2n) is 3.13. The first-order valence-electron chi connectivity index (χ1n) is 3.90. The standard InChI is InChI=1S/C9H12N2O/c1-10(2)9-6-8-7(11(9)3)4-5-12-8/h4-6H,1-3H3. The van der Waals surface area contributed by atoms with E-state index in [4.69, 9.17) is 4.42 Å². The Bertz CT molecular complexity index is 397. The lowest BCUT2D eigenvalue weighted by Gasteiger charge is -2.12. The maximum atomic E-state index is 5.28. The molecule has 3 nitrogen and oxygen atoms in total. The van der Waals surface area contributed by atoms with E-state index < -0.39 is 0 Å². The summed E-state index contributed by atoms with van der Waals surface area (Å²) in [5.74, 6) is 1.16. The molecule has 0 aromatic carbocycles. The average molecular weight is 164 g/mol. The van der Waals surface area contributed by atoms with Crippen LogP contribution in [0.1, 0.15) is 0 Å². The van der Waals surface area contributed by atoms with Gasteiger partial charge in [-0.05, 0) is 0 Å². The molecule has 2 aromatic heterocycles. The van der Waals surface area contributed by atoms with Crippen molar-refractivity contribution in [3.8, 4) is 0 Å². The van der Waals surface area contributed by atoms with Crippen LogP contribution in [0, 0.1) is 0 Å². The molecule has 0 aliphatic rings. The number of hydrogen-bond donors (Lipinski definition) is 0. The summed E-state index contributed by atoms with van der Waals surface area (Å²) < 4.78 is 7.39. The van der Waals surface area contributed by atoms with Crippen molar-refractivity contribution in [2.24, 2.45) is 7.05 Å². The minimum absolute atomic E-state index is 0.946. The van der Waals surface area contributed by atoms with Gasteiger partial charge in [0.15, 0.2) is 5.58 Å². The van der Waals surface area contributed by atoms with Crippen LogP contribution in [-0.2, 0) is 7.05 Å². The zero-order valence-electron chi connectivity index (χ0n) is 7.53. The van der Waals surface area contributed by atoms with E-state index in [9.17, 15) is 0 Å². The van der Waals surface area contributed by atoms with Crippen LogP contribution in [0.5, 0.6) is 0 Å². The Balaban J connectivity index is 2.70. The van der Waals surface area contributed by atoms with Crippen molar-refractivity contribution in [2.45, 2.75) is 0 Å². The molecule has 2 aromatic rings. The molecule has 2 rings (SSSR count). The number of rotatable bonds is 1. The van der Waals surface area contributed by atoms with Gasteiger partial charge >= 0.3 is 0 Å². The number of nitrogens with zero attached hydrogens (tertiary/aromatic N) is 2. The fraction of sp³-hybridized carbons (Fsp3) is 0.333. The van der Waals surface area contributed by atoms with Crippen LogP contribution in [0.15, 0.2) is 22.8 Å². The third kappa shape index (κ3) is 0.826. The van der Waals surface area contributed by atoms with Crippen molar-refractivity contribution in [3.63, 3.8) is 0 Å². The Labute approximate surface area is 71.2 Å². The van der Waals surface area contributed by atoms with E-state index in [0.717, 1.165) is 16.9 Å². The first-order chi connectivity index (χ1) is 5.70. The smallest absolute Gasteiger partial charge is 0.153 e. The van der Waals surface area contributed by atoms with Gasteiger partial charge in [0.05, 0.1) is 11.8 Å². The molecule has 3 heteroatoms. The third-order valence-electron chi connectivity index (χ3n) is 2.10. The first-order valence-corrected chi connectivity index (χ1v) is 3.90. The predicted octanol–water partition coefficient (Wildman–Crippen LogP) is 1.84. The third-order valence-corrected chi connectivity index (χ3v) is 2.10. The van der Waals surface area contributed by atoms with E-state index in [1.807, 2.05) is 33.3 Å². The van der Waals surface area contributed by atoms with E-state index >= 15 is 0 Å². The molecule has 0 N–H and O–H groups in total. The van der Waals surface area contributed by atoms with Crippen molar-refractivity contribution in [2.75, 3.05) is 19.0 Å². The first kappa shape index (κ1) is 7.28. The van der Waals surface area contributed by atoms with Crippen LogP contribution in [0.4, 0.5) is 5.82 Å². The maximum absolute atomic E-state index is 5.28. The summed E-state index contributed by atoms with van der Waals surface area (Å²) in [5, 5.41) is 0. The number of aryl methyl sites for hydroxylation is 1. The number of aromatic nitrogens is 1. The number of hydrogen-bond acceptors (Lipinski definition) is 2. The molecule has 0 saturated heterocycles. The zero-order chi connectivity index (χ0) is 8.72. The van der Waals surface area contributed by atoms with Gasteiger partial charge in [-0.25, -0.2) is 0 Å². The molecule has 0 amide bonds. The van der Waals surface area contributed by atoms with Crippen molar-refractivity contribution in [1.82, 2.24) is 4.57 Å². The van der Waals surface area contributed by atoms with E-state index in [1.165, 1.54) is 0 Å². The van der Waals surface area contributed by atoms with Gasteiger partial charge in [-0.15, -0.1) is 0 Å². The highest BCUT2D eigenvalue weighted by Gasteiger charge is 2.08. The topological polar surface area (TPSA) is 21.3 Å². The van der Waals surface area contributed by atoms with Gasteiger partial charge in [-0.3, -0.25) is 0 Å². The van der Waals surface area contributed by atoms with Crippen LogP contribution >= 0.6 is 0 Å². The Hall–Kier alpha value is -1.38. The Morgan fingerprint density at radius 2 is 2.17 bits per heavy atom. The highest BCUT2D eigenvalue weighted by molar-refractivity contribution is 5.79. The molecule has 0 aliphatic carbocycles. The molecular weight excluding hydrogens is 152 g/mol. The second-order valence-corrected chi connectivity index (χ2v) is 3.13. The summed E-state index contributed by atoms with van der Waals surface area (Å²) in [5.41, 5.74) is 2.08. The number of furan rings is 1. The molecule has 0 atom stereocenters. The summed E-state index contributed by atoms with van der Waals surface area (Å²) in [7, 11) is 6.08. The molecule has 2 heterocycles. The fourth-order valence-electron chi connectivity index (χ4n) is 1.47. The lowest BCUT2D eigenvalue weighted by atomic mass is 10.5. The quantitative estimate of drug-likeness (QED) is 0.641. The van der Waals surface area contributed by atoms with Crippen LogP contribution < -0.4 is 4.90 Å². The summed E-state index contributed by atoms with van der Waals surface area (Å²) >= 11 is 0. The molecule has 0 spiro atoms. The average Bonchev–Trinajstić information content (AvgIpc) is 2.53. The molecule has 0 radical (unpaired) electrons. The second kappa shape index (κ2) is 2.30.